The number of carbonyl (C=O) groups is 3. The van der Waals surface area contributed by atoms with Crippen LogP contribution in [-0.2, 0) is 52.9 Å². The molecule has 12 atom stereocenters. The highest BCUT2D eigenvalue weighted by Gasteiger charge is 2.60. The molecule has 1 amide bonds. The Bertz CT molecular complexity index is 2130. The number of rotatable bonds is 14. The van der Waals surface area contributed by atoms with Crippen LogP contribution in [0.1, 0.15) is 91.3 Å². The van der Waals surface area contributed by atoms with Crippen molar-refractivity contribution in [1.29, 1.82) is 0 Å². The van der Waals surface area contributed by atoms with Crippen LogP contribution in [0, 0.1) is 17.8 Å². The van der Waals surface area contributed by atoms with E-state index in [1.54, 1.807) is 31.9 Å². The average molecular weight is 913 g/mol. The van der Waals surface area contributed by atoms with Crippen molar-refractivity contribution < 1.29 is 52.6 Å². The van der Waals surface area contributed by atoms with Gasteiger partial charge in [0.2, 0.25) is 0 Å². The number of hydrogen-bond acceptors (Lipinski definition) is 12. The van der Waals surface area contributed by atoms with Gasteiger partial charge in [-0.3, -0.25) is 9.69 Å². The first-order chi connectivity index (χ1) is 31.4. The Morgan fingerprint density at radius 1 is 0.864 bits per heavy atom. The average Bonchev–Trinajstić information content (AvgIpc) is 3.56. The van der Waals surface area contributed by atoms with Crippen molar-refractivity contribution in [2.45, 2.75) is 148 Å². The van der Waals surface area contributed by atoms with E-state index in [-0.39, 0.29) is 30.9 Å². The van der Waals surface area contributed by atoms with E-state index in [1.807, 2.05) is 139 Å². The molecule has 3 heterocycles. The van der Waals surface area contributed by atoms with Gasteiger partial charge in [0, 0.05) is 43.0 Å². The van der Waals surface area contributed by atoms with Gasteiger partial charge in [-0.25, -0.2) is 9.59 Å². The summed E-state index contributed by atoms with van der Waals surface area (Å²) in [5, 5.41) is 11.5. The second-order valence-electron chi connectivity index (χ2n) is 19.2. The van der Waals surface area contributed by atoms with Crippen molar-refractivity contribution in [3.63, 3.8) is 0 Å². The minimum Gasteiger partial charge on any atom is -0.485 e. The van der Waals surface area contributed by atoms with Crippen molar-refractivity contribution in [3.8, 4) is 11.5 Å². The molecule has 13 heteroatoms. The number of carbonyl (C=O) groups excluding carboxylic acids is 3. The molecule has 0 radical (unpaired) electrons. The number of nitrogens with zero attached hydrogens (tertiary/aromatic N) is 2. The topological polar surface area (TPSA) is 143 Å². The van der Waals surface area contributed by atoms with E-state index >= 15 is 0 Å². The van der Waals surface area contributed by atoms with Gasteiger partial charge in [-0.05, 0) is 96.3 Å². The van der Waals surface area contributed by atoms with Gasteiger partial charge < -0.3 is 43.2 Å². The van der Waals surface area contributed by atoms with E-state index < -0.39 is 71.7 Å². The van der Waals surface area contributed by atoms with Crippen LogP contribution in [0.15, 0.2) is 90.5 Å². The standard InChI is InChI=1S/C53H72N2O11/c1-12-44-53(8)47(55(51(59)66-53)26-25-38-23-24-42(61-31-39-19-15-13-16-20-39)43(29-38)62-32-40-21-17-14-18-22-40)37(6)45(56)35(4)30-52(7,60-11)48(33(2)27-34(3)49(58)64-44)65-50-46(57)41(54(9)10)28-36(5)63-50/h13-24,27,29,33,35-37,41,44,46-48,50,57H,12,25-26,28,30-32H2,1-11H3/b34-27+/t33-,35+,36+,37-,41-,44+,46+,47+,48+,50-,52-,53+/m0/s1. The molecule has 0 aliphatic carbocycles. The summed E-state index contributed by atoms with van der Waals surface area (Å²) in [4.78, 5) is 46.9. The maximum Gasteiger partial charge on any atom is 0.410 e. The Hall–Kier alpha value is -4.79. The molecule has 2 fully saturated rings. The maximum atomic E-state index is 15.0. The SMILES string of the molecule is CC[C@H]1OC(=O)/C(C)=C/[C@H](C)[C@@H](O[C@@H]2O[C@H](C)C[C@H](N(C)C)[C@H]2O)[C@@](C)(OC)C[C@@H](C)C(=O)[C@H](C)[C@H]2N(CCc3ccc(OCc4ccccc4)c(OCc4ccccc4)c3)C(=O)O[C@]12C. The number of aliphatic hydroxyl groups is 1. The molecule has 0 unspecified atom stereocenters. The van der Waals surface area contributed by atoms with Gasteiger partial charge in [0.25, 0.3) is 0 Å². The van der Waals surface area contributed by atoms with Gasteiger partial charge in [-0.2, -0.15) is 0 Å². The third-order valence-electron chi connectivity index (χ3n) is 13.9. The first-order valence-corrected chi connectivity index (χ1v) is 23.5. The molecule has 6 rings (SSSR count). The number of likely N-dealkylation sites (N-methyl/N-ethyl adjacent to an activating group) is 1. The second-order valence-corrected chi connectivity index (χ2v) is 19.2. The minimum absolute atomic E-state index is 0.110. The molecular weight excluding hydrogens is 841 g/mol. The lowest BCUT2D eigenvalue weighted by Crippen LogP contribution is -2.59. The lowest BCUT2D eigenvalue weighted by molar-refractivity contribution is -0.294. The van der Waals surface area contributed by atoms with Crippen LogP contribution in [0.3, 0.4) is 0 Å². The lowest BCUT2D eigenvalue weighted by atomic mass is 9.74. The summed E-state index contributed by atoms with van der Waals surface area (Å²) in [6.45, 7) is 15.7. The van der Waals surface area contributed by atoms with Crippen LogP contribution < -0.4 is 9.47 Å². The molecule has 3 aliphatic heterocycles. The van der Waals surface area contributed by atoms with Crippen molar-refractivity contribution >= 4 is 17.8 Å². The molecule has 13 nitrogen and oxygen atoms in total. The van der Waals surface area contributed by atoms with E-state index in [0.29, 0.717) is 49.5 Å². The minimum atomic E-state index is -1.38. The number of methoxy groups -OCH3 is 1. The molecule has 0 saturated carbocycles. The van der Waals surface area contributed by atoms with Crippen molar-refractivity contribution in [2.24, 2.45) is 17.8 Å². The number of hydrogen-bond donors (Lipinski definition) is 1. The Labute approximate surface area is 391 Å². The van der Waals surface area contributed by atoms with E-state index in [9.17, 15) is 19.5 Å². The summed E-state index contributed by atoms with van der Waals surface area (Å²) in [6, 6.07) is 24.5. The Morgan fingerprint density at radius 3 is 2.08 bits per heavy atom. The third-order valence-corrected chi connectivity index (χ3v) is 13.9. The molecule has 3 aromatic rings. The third kappa shape index (κ3) is 11.5. The highest BCUT2D eigenvalue weighted by atomic mass is 16.7. The Morgan fingerprint density at radius 2 is 1.48 bits per heavy atom. The van der Waals surface area contributed by atoms with Gasteiger partial charge in [-0.15, -0.1) is 0 Å². The number of ether oxygens (including phenoxy) is 7. The largest absolute Gasteiger partial charge is 0.485 e. The predicted octanol–water partition coefficient (Wildman–Crippen LogP) is 8.33. The fourth-order valence-corrected chi connectivity index (χ4v) is 10.3. The quantitative estimate of drug-likeness (QED) is 0.156. The molecule has 1 N–H and O–H groups in total. The van der Waals surface area contributed by atoms with E-state index in [4.69, 9.17) is 33.2 Å². The summed E-state index contributed by atoms with van der Waals surface area (Å²) >= 11 is 0. The number of amides is 1. The molecule has 360 valence electrons. The first kappa shape index (κ1) is 50.6. The predicted molar refractivity (Wildman–Crippen MR) is 251 cm³/mol. The molecule has 0 aromatic heterocycles. The van der Waals surface area contributed by atoms with Gasteiger partial charge in [-0.1, -0.05) is 101 Å². The highest BCUT2D eigenvalue weighted by Crippen LogP contribution is 2.43. The second kappa shape index (κ2) is 21.9. The maximum absolute atomic E-state index is 15.0. The zero-order chi connectivity index (χ0) is 47.9. The fourth-order valence-electron chi connectivity index (χ4n) is 10.3. The zero-order valence-electron chi connectivity index (χ0n) is 40.7. The fraction of sp³-hybridized carbons (Fsp3) is 0.566. The lowest BCUT2D eigenvalue weighted by Gasteiger charge is -2.47. The first-order valence-electron chi connectivity index (χ1n) is 23.5. The van der Waals surface area contributed by atoms with Crippen LogP contribution in [-0.4, -0.2) is 114 Å². The van der Waals surface area contributed by atoms with E-state index in [1.165, 1.54) is 0 Å². The van der Waals surface area contributed by atoms with Crippen LogP contribution in [0.4, 0.5) is 4.79 Å². The van der Waals surface area contributed by atoms with Gasteiger partial charge >= 0.3 is 12.1 Å². The van der Waals surface area contributed by atoms with Crippen molar-refractivity contribution in [2.75, 3.05) is 27.7 Å². The Balaban J connectivity index is 1.30. The molecule has 2 saturated heterocycles. The molecule has 0 bridgehead atoms. The van der Waals surface area contributed by atoms with Crippen LogP contribution in [0.2, 0.25) is 0 Å². The smallest absolute Gasteiger partial charge is 0.410 e. The summed E-state index contributed by atoms with van der Waals surface area (Å²) in [5.74, 6) is -1.35. The Kier molecular flexibility index (Phi) is 16.8. The number of fused-ring (bicyclic) bond motifs is 1. The number of esters is 1. The van der Waals surface area contributed by atoms with Crippen molar-refractivity contribution in [3.05, 3.63) is 107 Å². The molecule has 0 spiro atoms. The normalized spacial score (nSPS) is 33.0. The van der Waals surface area contributed by atoms with Crippen LogP contribution >= 0.6 is 0 Å². The summed E-state index contributed by atoms with van der Waals surface area (Å²) in [7, 11) is 5.41. The number of Topliss-reactive ketones (excluding diaryl/α,β-unsaturated/α-hetero) is 1. The summed E-state index contributed by atoms with van der Waals surface area (Å²) in [5.41, 5.74) is 0.747. The van der Waals surface area contributed by atoms with Crippen LogP contribution in [0.5, 0.6) is 11.5 Å². The summed E-state index contributed by atoms with van der Waals surface area (Å²) in [6.07, 6.45) is -1.08. The molecule has 66 heavy (non-hydrogen) atoms. The van der Waals surface area contributed by atoms with Crippen LogP contribution in [0.25, 0.3) is 0 Å². The monoisotopic (exact) mass is 913 g/mol. The summed E-state index contributed by atoms with van der Waals surface area (Å²) < 4.78 is 44.5. The number of aliphatic hydroxyl groups excluding tert-OH is 1. The van der Waals surface area contributed by atoms with Gasteiger partial charge in [0.05, 0.1) is 23.9 Å². The number of benzene rings is 3. The highest BCUT2D eigenvalue weighted by molar-refractivity contribution is 5.88. The molecule has 3 aliphatic rings. The van der Waals surface area contributed by atoms with Crippen molar-refractivity contribution in [1.82, 2.24) is 9.80 Å². The molecular formula is C53H72N2O11. The number of ketones is 1. The van der Waals surface area contributed by atoms with E-state index in [0.717, 1.165) is 16.7 Å². The van der Waals surface area contributed by atoms with Gasteiger partial charge in [0.15, 0.2) is 23.4 Å². The molecule has 3 aromatic carbocycles. The zero-order valence-corrected chi connectivity index (χ0v) is 40.7. The number of cyclic esters (lactones) is 1. The van der Waals surface area contributed by atoms with Gasteiger partial charge in [0.1, 0.15) is 31.2 Å². The van der Waals surface area contributed by atoms with E-state index in [2.05, 4.69) is 0 Å².